The molecule has 0 fully saturated rings. The number of carbonyl (C=O) groups excluding carboxylic acids is 3. The number of rotatable bonds is 9. The molecule has 1 heterocycles. The van der Waals surface area contributed by atoms with Crippen molar-refractivity contribution < 1.29 is 38.1 Å². The largest absolute Gasteiger partial charge is 0.493 e. The number of nitrogens with two attached hydrogens (primary N) is 1. The van der Waals surface area contributed by atoms with Gasteiger partial charge in [-0.15, -0.1) is 11.3 Å². The van der Waals surface area contributed by atoms with Crippen molar-refractivity contribution in [2.75, 3.05) is 33.7 Å². The third-order valence-corrected chi connectivity index (χ3v) is 4.94. The molecule has 0 saturated carbocycles. The maximum atomic E-state index is 12.5. The van der Waals surface area contributed by atoms with Gasteiger partial charge in [-0.2, -0.15) is 0 Å². The van der Waals surface area contributed by atoms with Gasteiger partial charge in [0.2, 0.25) is 0 Å². The van der Waals surface area contributed by atoms with Gasteiger partial charge in [0.05, 0.1) is 26.9 Å². The SMILES string of the molecule is C=CCOc1ccc(C(=O)OCc2c(C(=O)OC)sc(N)c2C(=O)OC)cc1OC. The van der Waals surface area contributed by atoms with Crippen LogP contribution in [0.3, 0.4) is 0 Å². The molecule has 2 N–H and O–H groups in total. The van der Waals surface area contributed by atoms with Gasteiger partial charge in [-0.25, -0.2) is 14.4 Å². The molecule has 30 heavy (non-hydrogen) atoms. The lowest BCUT2D eigenvalue weighted by Gasteiger charge is -2.11. The maximum Gasteiger partial charge on any atom is 0.348 e. The van der Waals surface area contributed by atoms with E-state index in [1.54, 1.807) is 12.1 Å². The topological polar surface area (TPSA) is 123 Å². The highest BCUT2D eigenvalue weighted by Gasteiger charge is 2.28. The lowest BCUT2D eigenvalue weighted by molar-refractivity contribution is 0.0452. The van der Waals surface area contributed by atoms with Crippen LogP contribution in [0.25, 0.3) is 0 Å². The van der Waals surface area contributed by atoms with Crippen LogP contribution < -0.4 is 15.2 Å². The number of benzene rings is 1. The van der Waals surface area contributed by atoms with E-state index < -0.39 is 24.5 Å². The van der Waals surface area contributed by atoms with Crippen molar-refractivity contribution in [1.29, 1.82) is 0 Å². The van der Waals surface area contributed by atoms with Gasteiger partial charge in [0.25, 0.3) is 0 Å². The van der Waals surface area contributed by atoms with Crippen LogP contribution in [0.15, 0.2) is 30.9 Å². The summed E-state index contributed by atoms with van der Waals surface area (Å²) in [5, 5.41) is 0.0543. The maximum absolute atomic E-state index is 12.5. The molecule has 1 aromatic heterocycles. The monoisotopic (exact) mass is 435 g/mol. The van der Waals surface area contributed by atoms with Crippen LogP contribution in [0, 0.1) is 0 Å². The average molecular weight is 435 g/mol. The van der Waals surface area contributed by atoms with E-state index in [2.05, 4.69) is 6.58 Å². The van der Waals surface area contributed by atoms with Crippen molar-refractivity contribution in [3.05, 3.63) is 52.4 Å². The van der Waals surface area contributed by atoms with Gasteiger partial charge in [0.1, 0.15) is 28.7 Å². The second-order valence-electron chi connectivity index (χ2n) is 5.67. The first-order valence-corrected chi connectivity index (χ1v) is 9.36. The second kappa shape index (κ2) is 10.3. The first-order valence-electron chi connectivity index (χ1n) is 8.54. The highest BCUT2D eigenvalue weighted by molar-refractivity contribution is 7.18. The summed E-state index contributed by atoms with van der Waals surface area (Å²) >= 11 is 0.847. The van der Waals surface area contributed by atoms with E-state index in [4.69, 9.17) is 29.4 Å². The van der Waals surface area contributed by atoms with Crippen LogP contribution in [0.5, 0.6) is 11.5 Å². The zero-order valence-corrected chi connectivity index (χ0v) is 17.5. The molecule has 2 rings (SSSR count). The molecule has 0 saturated heterocycles. The summed E-state index contributed by atoms with van der Waals surface area (Å²) in [6.07, 6.45) is 1.58. The average Bonchev–Trinajstić information content (AvgIpc) is 3.10. The van der Waals surface area contributed by atoms with Crippen LogP contribution >= 0.6 is 11.3 Å². The predicted octanol–water partition coefficient (Wildman–Crippen LogP) is 2.83. The predicted molar refractivity (Wildman–Crippen MR) is 109 cm³/mol. The van der Waals surface area contributed by atoms with Gasteiger partial charge in [0.15, 0.2) is 11.5 Å². The number of esters is 3. The molecule has 10 heteroatoms. The Morgan fingerprint density at radius 2 is 1.77 bits per heavy atom. The van der Waals surface area contributed by atoms with Crippen LogP contribution in [0.4, 0.5) is 5.00 Å². The fraction of sp³-hybridized carbons (Fsp3) is 0.250. The van der Waals surface area contributed by atoms with Crippen molar-refractivity contribution in [3.8, 4) is 11.5 Å². The number of anilines is 1. The molecule has 2 aromatic rings. The summed E-state index contributed by atoms with van der Waals surface area (Å²) in [4.78, 5) is 36.7. The quantitative estimate of drug-likeness (QED) is 0.360. The van der Waals surface area contributed by atoms with Crippen LogP contribution in [0.1, 0.15) is 36.0 Å². The number of hydrogen-bond donors (Lipinski definition) is 1. The summed E-state index contributed by atoms with van der Waals surface area (Å²) < 4.78 is 25.4. The molecule has 0 atom stereocenters. The van der Waals surface area contributed by atoms with E-state index >= 15 is 0 Å². The molecule has 0 aliphatic carbocycles. The van der Waals surface area contributed by atoms with Crippen molar-refractivity contribution in [2.45, 2.75) is 6.61 Å². The summed E-state index contributed by atoms with van der Waals surface area (Å²) in [5.41, 5.74) is 6.11. The van der Waals surface area contributed by atoms with E-state index in [0.717, 1.165) is 11.3 Å². The Bertz CT molecular complexity index is 966. The van der Waals surface area contributed by atoms with Crippen LogP contribution in [-0.4, -0.2) is 45.8 Å². The Labute approximate surface area is 176 Å². The van der Waals surface area contributed by atoms with Crippen molar-refractivity contribution in [1.82, 2.24) is 0 Å². The van der Waals surface area contributed by atoms with Gasteiger partial charge in [0, 0.05) is 5.56 Å². The summed E-state index contributed by atoms with van der Waals surface area (Å²) in [6, 6.07) is 4.50. The minimum absolute atomic E-state index is 0.0403. The lowest BCUT2D eigenvalue weighted by Crippen LogP contribution is -2.13. The molecule has 160 valence electrons. The van der Waals surface area contributed by atoms with E-state index in [9.17, 15) is 14.4 Å². The fourth-order valence-electron chi connectivity index (χ4n) is 2.49. The van der Waals surface area contributed by atoms with Crippen molar-refractivity contribution >= 4 is 34.2 Å². The van der Waals surface area contributed by atoms with Crippen molar-refractivity contribution in [3.63, 3.8) is 0 Å². The summed E-state index contributed by atoms with van der Waals surface area (Å²) in [5.74, 6) is -1.41. The van der Waals surface area contributed by atoms with Gasteiger partial charge >= 0.3 is 17.9 Å². The molecule has 0 aliphatic heterocycles. The number of hydrogen-bond acceptors (Lipinski definition) is 10. The highest BCUT2D eigenvalue weighted by atomic mass is 32.1. The van der Waals surface area contributed by atoms with E-state index in [-0.39, 0.29) is 33.2 Å². The first kappa shape index (κ1) is 22.8. The normalized spacial score (nSPS) is 10.1. The Kier molecular flexibility index (Phi) is 7.82. The van der Waals surface area contributed by atoms with Crippen LogP contribution in [-0.2, 0) is 20.8 Å². The Morgan fingerprint density at radius 3 is 2.37 bits per heavy atom. The lowest BCUT2D eigenvalue weighted by atomic mass is 10.1. The number of thiophene rings is 1. The number of carbonyl (C=O) groups is 3. The zero-order valence-electron chi connectivity index (χ0n) is 16.7. The number of ether oxygens (including phenoxy) is 5. The minimum Gasteiger partial charge on any atom is -0.493 e. The Hall–Kier alpha value is -3.53. The number of methoxy groups -OCH3 is 3. The minimum atomic E-state index is -0.754. The molecule has 1 aromatic carbocycles. The second-order valence-corrected chi connectivity index (χ2v) is 6.73. The van der Waals surface area contributed by atoms with Gasteiger partial charge < -0.3 is 29.4 Å². The molecule has 0 aliphatic rings. The summed E-state index contributed by atoms with van der Waals surface area (Å²) in [7, 11) is 3.80. The van der Waals surface area contributed by atoms with Crippen LogP contribution in [0.2, 0.25) is 0 Å². The Balaban J connectivity index is 2.28. The van der Waals surface area contributed by atoms with Gasteiger partial charge in [-0.05, 0) is 18.2 Å². The Morgan fingerprint density at radius 1 is 1.07 bits per heavy atom. The highest BCUT2D eigenvalue weighted by Crippen LogP contribution is 2.33. The van der Waals surface area contributed by atoms with Gasteiger partial charge in [-0.1, -0.05) is 12.7 Å². The fourth-order valence-corrected chi connectivity index (χ4v) is 3.47. The molecular formula is C20H21NO8S. The number of nitrogen functional groups attached to an aromatic ring is 1. The first-order chi connectivity index (χ1) is 14.4. The molecule has 9 nitrogen and oxygen atoms in total. The smallest absolute Gasteiger partial charge is 0.348 e. The molecule has 0 spiro atoms. The van der Waals surface area contributed by atoms with Gasteiger partial charge in [-0.3, -0.25) is 0 Å². The molecule has 0 bridgehead atoms. The molecule has 0 amide bonds. The molecule has 0 unspecified atom stereocenters. The molecular weight excluding hydrogens is 414 g/mol. The standard InChI is InChI=1S/C20H21NO8S/c1-5-8-28-13-7-6-11(9-14(13)25-2)18(22)29-10-12-15(19(23)26-3)17(21)30-16(12)20(24)27-4/h5-7,9H,1,8,10,21H2,2-4H3. The van der Waals surface area contributed by atoms with Crippen molar-refractivity contribution in [2.24, 2.45) is 0 Å². The summed E-state index contributed by atoms with van der Waals surface area (Å²) in [6.45, 7) is 3.45. The third kappa shape index (κ3) is 4.90. The van der Waals surface area contributed by atoms with E-state index in [1.165, 1.54) is 33.5 Å². The third-order valence-electron chi connectivity index (χ3n) is 3.90. The van der Waals surface area contributed by atoms with E-state index in [1.807, 2.05) is 0 Å². The molecule has 0 radical (unpaired) electrons. The van der Waals surface area contributed by atoms with E-state index in [0.29, 0.717) is 11.5 Å². The zero-order chi connectivity index (χ0) is 22.3.